The van der Waals surface area contributed by atoms with E-state index in [1.807, 2.05) is 11.0 Å². The van der Waals surface area contributed by atoms with Crippen molar-refractivity contribution in [2.45, 2.75) is 30.8 Å². The van der Waals surface area contributed by atoms with E-state index in [2.05, 4.69) is 29.6 Å². The minimum absolute atomic E-state index is 0.185. The SMILES string of the molecule is COC1(C(=O)N2CCC(c3ccccc3)C2)CCNCC1. The normalized spacial score (nSPS) is 25.0. The molecule has 1 aromatic rings. The van der Waals surface area contributed by atoms with Gasteiger partial charge in [-0.05, 0) is 37.9 Å². The Morgan fingerprint density at radius 1 is 1.29 bits per heavy atom. The van der Waals surface area contributed by atoms with Gasteiger partial charge in [-0.3, -0.25) is 4.79 Å². The van der Waals surface area contributed by atoms with Crippen LogP contribution >= 0.6 is 0 Å². The number of hydrogen-bond donors (Lipinski definition) is 1. The highest BCUT2D eigenvalue weighted by molar-refractivity contribution is 5.85. The zero-order valence-electron chi connectivity index (χ0n) is 12.7. The van der Waals surface area contributed by atoms with Crippen molar-refractivity contribution < 1.29 is 9.53 Å². The monoisotopic (exact) mass is 288 g/mol. The minimum atomic E-state index is -0.600. The standard InChI is InChI=1S/C17H24N2O2/c1-21-17(8-10-18-11-9-17)16(20)19-12-7-15(13-19)14-5-3-2-4-6-14/h2-6,15,18H,7-13H2,1H3. The lowest BCUT2D eigenvalue weighted by molar-refractivity contribution is -0.157. The van der Waals surface area contributed by atoms with Crippen LogP contribution in [0.15, 0.2) is 30.3 Å². The lowest BCUT2D eigenvalue weighted by Gasteiger charge is -2.37. The van der Waals surface area contributed by atoms with Crippen LogP contribution in [0.5, 0.6) is 0 Å². The highest BCUT2D eigenvalue weighted by Gasteiger charge is 2.44. The van der Waals surface area contributed by atoms with Gasteiger partial charge < -0.3 is 15.0 Å². The molecule has 1 amide bonds. The highest BCUT2D eigenvalue weighted by Crippen LogP contribution is 2.32. The number of amides is 1. The van der Waals surface area contributed by atoms with Crippen LogP contribution in [0.25, 0.3) is 0 Å². The lowest BCUT2D eigenvalue weighted by atomic mass is 9.90. The lowest BCUT2D eigenvalue weighted by Crippen LogP contribution is -2.54. The summed E-state index contributed by atoms with van der Waals surface area (Å²) >= 11 is 0. The molecular weight excluding hydrogens is 264 g/mol. The third-order valence-electron chi connectivity index (χ3n) is 4.94. The summed E-state index contributed by atoms with van der Waals surface area (Å²) in [4.78, 5) is 14.9. The quantitative estimate of drug-likeness (QED) is 0.921. The predicted molar refractivity (Wildman–Crippen MR) is 82.2 cm³/mol. The molecule has 4 heteroatoms. The van der Waals surface area contributed by atoms with Gasteiger partial charge >= 0.3 is 0 Å². The van der Waals surface area contributed by atoms with Crippen molar-refractivity contribution in [2.24, 2.45) is 0 Å². The number of carbonyl (C=O) groups excluding carboxylic acids is 1. The van der Waals surface area contributed by atoms with Crippen LogP contribution < -0.4 is 5.32 Å². The summed E-state index contributed by atoms with van der Waals surface area (Å²) in [5.41, 5.74) is 0.737. The van der Waals surface area contributed by atoms with Crippen molar-refractivity contribution in [1.29, 1.82) is 0 Å². The summed E-state index contributed by atoms with van der Waals surface area (Å²) in [5.74, 6) is 0.649. The van der Waals surface area contributed by atoms with E-state index in [-0.39, 0.29) is 5.91 Å². The molecule has 1 unspecified atom stereocenters. The van der Waals surface area contributed by atoms with E-state index in [1.165, 1.54) is 5.56 Å². The Labute approximate surface area is 126 Å². The third kappa shape index (κ3) is 2.83. The highest BCUT2D eigenvalue weighted by atomic mass is 16.5. The van der Waals surface area contributed by atoms with Crippen LogP contribution in [0.3, 0.4) is 0 Å². The summed E-state index contributed by atoms with van der Waals surface area (Å²) < 4.78 is 5.66. The molecule has 2 fully saturated rings. The Balaban J connectivity index is 1.69. The number of nitrogens with zero attached hydrogens (tertiary/aromatic N) is 1. The summed E-state index contributed by atoms with van der Waals surface area (Å²) in [5, 5.41) is 3.30. The maximum absolute atomic E-state index is 12.9. The first-order valence-electron chi connectivity index (χ1n) is 7.85. The fourth-order valence-corrected chi connectivity index (χ4v) is 3.57. The van der Waals surface area contributed by atoms with Crippen LogP contribution in [0.1, 0.15) is 30.7 Å². The predicted octanol–water partition coefficient (Wildman–Crippen LogP) is 1.77. The van der Waals surface area contributed by atoms with E-state index >= 15 is 0 Å². The Morgan fingerprint density at radius 3 is 2.67 bits per heavy atom. The van der Waals surface area contributed by atoms with Crippen molar-refractivity contribution in [3.05, 3.63) is 35.9 Å². The second-order valence-electron chi connectivity index (χ2n) is 6.10. The summed E-state index contributed by atoms with van der Waals surface area (Å²) in [6.45, 7) is 3.38. The molecule has 21 heavy (non-hydrogen) atoms. The van der Waals surface area contributed by atoms with E-state index in [0.717, 1.165) is 45.4 Å². The van der Waals surface area contributed by atoms with Gasteiger partial charge in [-0.1, -0.05) is 30.3 Å². The number of likely N-dealkylation sites (tertiary alicyclic amines) is 1. The molecule has 1 aromatic carbocycles. The zero-order chi connectivity index (χ0) is 14.7. The molecule has 1 N–H and O–H groups in total. The van der Waals surface area contributed by atoms with Gasteiger partial charge in [0.1, 0.15) is 5.60 Å². The van der Waals surface area contributed by atoms with Gasteiger partial charge in [0, 0.05) is 26.1 Å². The third-order valence-corrected chi connectivity index (χ3v) is 4.94. The number of benzene rings is 1. The molecule has 2 aliphatic heterocycles. The number of ether oxygens (including phenoxy) is 1. The smallest absolute Gasteiger partial charge is 0.254 e. The molecule has 0 aromatic heterocycles. The van der Waals surface area contributed by atoms with Gasteiger partial charge in [-0.2, -0.15) is 0 Å². The fourth-order valence-electron chi connectivity index (χ4n) is 3.57. The van der Waals surface area contributed by atoms with Crippen LogP contribution in [0.2, 0.25) is 0 Å². The van der Waals surface area contributed by atoms with E-state index in [4.69, 9.17) is 4.74 Å². The number of methoxy groups -OCH3 is 1. The molecule has 1 atom stereocenters. The molecule has 2 heterocycles. The van der Waals surface area contributed by atoms with E-state index in [1.54, 1.807) is 7.11 Å². The van der Waals surface area contributed by atoms with Gasteiger partial charge in [0.15, 0.2) is 0 Å². The van der Waals surface area contributed by atoms with Crippen molar-refractivity contribution in [1.82, 2.24) is 10.2 Å². The van der Waals surface area contributed by atoms with E-state index < -0.39 is 5.60 Å². The Morgan fingerprint density at radius 2 is 2.00 bits per heavy atom. The molecule has 0 saturated carbocycles. The molecule has 114 valence electrons. The Hall–Kier alpha value is -1.39. The van der Waals surface area contributed by atoms with Gasteiger partial charge in [-0.15, -0.1) is 0 Å². The first-order chi connectivity index (χ1) is 10.2. The molecule has 0 bridgehead atoms. The maximum atomic E-state index is 12.9. The van der Waals surface area contributed by atoms with Crippen molar-refractivity contribution >= 4 is 5.91 Å². The Bertz CT molecular complexity index is 483. The first-order valence-corrected chi connectivity index (χ1v) is 7.85. The van der Waals surface area contributed by atoms with E-state index in [9.17, 15) is 4.79 Å². The minimum Gasteiger partial charge on any atom is -0.368 e. The molecule has 0 spiro atoms. The molecular formula is C17H24N2O2. The second kappa shape index (κ2) is 6.16. The second-order valence-corrected chi connectivity index (χ2v) is 6.10. The van der Waals surface area contributed by atoms with Crippen molar-refractivity contribution in [3.8, 4) is 0 Å². The van der Waals surface area contributed by atoms with Gasteiger partial charge in [0.25, 0.3) is 5.91 Å². The van der Waals surface area contributed by atoms with Crippen LogP contribution in [0, 0.1) is 0 Å². The summed E-state index contributed by atoms with van der Waals surface area (Å²) in [7, 11) is 1.67. The van der Waals surface area contributed by atoms with Crippen LogP contribution in [0.4, 0.5) is 0 Å². The largest absolute Gasteiger partial charge is 0.368 e. The number of nitrogens with one attached hydrogen (secondary N) is 1. The summed E-state index contributed by atoms with van der Waals surface area (Å²) in [6.07, 6.45) is 2.59. The summed E-state index contributed by atoms with van der Waals surface area (Å²) in [6, 6.07) is 10.5. The van der Waals surface area contributed by atoms with Crippen LogP contribution in [-0.2, 0) is 9.53 Å². The number of piperidine rings is 1. The number of hydrogen-bond acceptors (Lipinski definition) is 3. The average Bonchev–Trinajstić information content (AvgIpc) is 3.05. The molecule has 0 aliphatic carbocycles. The van der Waals surface area contributed by atoms with E-state index in [0.29, 0.717) is 5.92 Å². The fraction of sp³-hybridized carbons (Fsp3) is 0.588. The number of rotatable bonds is 3. The molecule has 2 saturated heterocycles. The number of carbonyl (C=O) groups is 1. The van der Waals surface area contributed by atoms with Crippen LogP contribution in [-0.4, -0.2) is 49.7 Å². The molecule has 4 nitrogen and oxygen atoms in total. The van der Waals surface area contributed by atoms with Crippen molar-refractivity contribution in [3.63, 3.8) is 0 Å². The molecule has 0 radical (unpaired) electrons. The average molecular weight is 288 g/mol. The molecule has 3 rings (SSSR count). The topological polar surface area (TPSA) is 41.6 Å². The molecule has 2 aliphatic rings. The first kappa shape index (κ1) is 14.5. The maximum Gasteiger partial charge on any atom is 0.254 e. The van der Waals surface area contributed by atoms with Gasteiger partial charge in [0.2, 0.25) is 0 Å². The van der Waals surface area contributed by atoms with Gasteiger partial charge in [-0.25, -0.2) is 0 Å². The van der Waals surface area contributed by atoms with Crippen molar-refractivity contribution in [2.75, 3.05) is 33.3 Å². The van der Waals surface area contributed by atoms with Gasteiger partial charge in [0.05, 0.1) is 0 Å². The Kier molecular flexibility index (Phi) is 4.27. The zero-order valence-corrected chi connectivity index (χ0v) is 12.7.